The van der Waals surface area contributed by atoms with Gasteiger partial charge in [0.05, 0.1) is 20.3 Å². The topological polar surface area (TPSA) is 115 Å². The zero-order valence-corrected chi connectivity index (χ0v) is 25.8. The van der Waals surface area contributed by atoms with E-state index in [1.165, 1.54) is 20.3 Å². The Morgan fingerprint density at radius 1 is 0.957 bits per heavy atom. The molecule has 46 heavy (non-hydrogen) atoms. The number of halogens is 2. The summed E-state index contributed by atoms with van der Waals surface area (Å²) in [6.45, 7) is 0.488. The number of nitrogens with zero attached hydrogens (tertiary/aromatic N) is 1. The lowest BCUT2D eigenvalue weighted by molar-refractivity contribution is -0.135. The zero-order chi connectivity index (χ0) is 32.6. The Labute approximate surface area is 266 Å². The van der Waals surface area contributed by atoms with Crippen LogP contribution >= 0.6 is 0 Å². The van der Waals surface area contributed by atoms with E-state index >= 15 is 0 Å². The molecule has 3 aliphatic rings. The highest BCUT2D eigenvalue weighted by Gasteiger charge is 2.34. The van der Waals surface area contributed by atoms with Gasteiger partial charge in [0.1, 0.15) is 17.6 Å². The molecule has 4 bridgehead atoms. The predicted molar refractivity (Wildman–Crippen MR) is 164 cm³/mol. The molecule has 3 aromatic rings. The minimum absolute atomic E-state index is 0.0890. The van der Waals surface area contributed by atoms with Crippen molar-refractivity contribution in [3.05, 3.63) is 82.9 Å². The largest absolute Gasteiger partial charge is 0.496 e. The van der Waals surface area contributed by atoms with Crippen LogP contribution in [0.3, 0.4) is 0 Å². The fourth-order valence-electron chi connectivity index (χ4n) is 5.58. The van der Waals surface area contributed by atoms with Crippen molar-refractivity contribution in [1.82, 2.24) is 15.5 Å². The number of ether oxygens (including phenoxy) is 4. The van der Waals surface area contributed by atoms with Crippen molar-refractivity contribution in [3.63, 3.8) is 0 Å². The van der Waals surface area contributed by atoms with Crippen LogP contribution in [0.4, 0.5) is 8.78 Å². The van der Waals surface area contributed by atoms with E-state index in [0.29, 0.717) is 47.9 Å². The van der Waals surface area contributed by atoms with Gasteiger partial charge in [0.2, 0.25) is 11.8 Å². The number of nitrogens with one attached hydrogen (secondary N) is 2. The van der Waals surface area contributed by atoms with E-state index in [1.54, 1.807) is 29.2 Å². The second-order valence-electron chi connectivity index (χ2n) is 11.2. The molecule has 3 aliphatic heterocycles. The van der Waals surface area contributed by atoms with Crippen LogP contribution in [-0.4, -0.2) is 68.7 Å². The highest BCUT2D eigenvalue weighted by atomic mass is 19.2. The molecule has 0 saturated carbocycles. The van der Waals surface area contributed by atoms with Crippen LogP contribution in [0.15, 0.2) is 54.6 Å². The van der Waals surface area contributed by atoms with Gasteiger partial charge in [-0.2, -0.15) is 0 Å². The molecular formula is C34H37F2N3O7. The minimum Gasteiger partial charge on any atom is -0.496 e. The van der Waals surface area contributed by atoms with E-state index in [2.05, 4.69) is 10.6 Å². The first kappa shape index (κ1) is 32.5. The molecule has 0 unspecified atom stereocenters. The number of hydrogen-bond donors (Lipinski definition) is 2. The quantitative estimate of drug-likeness (QED) is 0.438. The molecule has 244 valence electrons. The van der Waals surface area contributed by atoms with Gasteiger partial charge in [0.25, 0.3) is 5.91 Å². The van der Waals surface area contributed by atoms with Crippen molar-refractivity contribution < 1.29 is 42.1 Å². The molecular weight excluding hydrogens is 600 g/mol. The van der Waals surface area contributed by atoms with Gasteiger partial charge in [-0.05, 0) is 60.4 Å². The molecule has 0 spiro atoms. The van der Waals surface area contributed by atoms with E-state index in [1.807, 2.05) is 12.1 Å². The number of fused-ring (bicyclic) bond motifs is 9. The number of benzene rings is 3. The summed E-state index contributed by atoms with van der Waals surface area (Å²) in [5, 5.41) is 5.90. The molecule has 2 N–H and O–H groups in total. The van der Waals surface area contributed by atoms with Crippen molar-refractivity contribution in [3.8, 4) is 23.0 Å². The summed E-state index contributed by atoms with van der Waals surface area (Å²) in [6, 6.07) is 13.6. The lowest BCUT2D eigenvalue weighted by atomic mass is 10.0. The predicted octanol–water partition coefficient (Wildman–Crippen LogP) is 3.72. The zero-order valence-electron chi connectivity index (χ0n) is 25.8. The first-order chi connectivity index (χ1) is 22.2. The van der Waals surface area contributed by atoms with Crippen molar-refractivity contribution in [2.75, 3.05) is 33.9 Å². The molecule has 3 heterocycles. The van der Waals surface area contributed by atoms with Crippen LogP contribution in [0.5, 0.6) is 23.0 Å². The summed E-state index contributed by atoms with van der Waals surface area (Å²) in [5.74, 6) is -0.793. The smallest absolute Gasteiger partial charge is 0.258 e. The Hall–Kier alpha value is -4.87. The number of likely N-dealkylation sites (tertiary alicyclic amines) is 1. The van der Waals surface area contributed by atoms with Crippen molar-refractivity contribution in [1.29, 1.82) is 0 Å². The number of rotatable bonds is 5. The summed E-state index contributed by atoms with van der Waals surface area (Å²) in [5.41, 5.74) is 2.12. The third kappa shape index (κ3) is 8.23. The summed E-state index contributed by atoms with van der Waals surface area (Å²) >= 11 is 0. The lowest BCUT2D eigenvalue weighted by Gasteiger charge is -2.39. The van der Waals surface area contributed by atoms with E-state index in [4.69, 9.17) is 18.9 Å². The maximum absolute atomic E-state index is 13.7. The van der Waals surface area contributed by atoms with Gasteiger partial charge in [0.15, 0.2) is 29.7 Å². The Morgan fingerprint density at radius 3 is 2.57 bits per heavy atom. The molecule has 0 radical (unpaired) electrons. The summed E-state index contributed by atoms with van der Waals surface area (Å²) in [4.78, 5) is 40.7. The fraction of sp³-hybridized carbons (Fsp3) is 0.382. The molecule has 3 aromatic carbocycles. The van der Waals surface area contributed by atoms with Gasteiger partial charge in [-0.1, -0.05) is 12.1 Å². The Bertz CT molecular complexity index is 1580. The molecule has 6 rings (SSSR count). The van der Waals surface area contributed by atoms with E-state index in [9.17, 15) is 23.2 Å². The second-order valence-corrected chi connectivity index (χ2v) is 11.2. The van der Waals surface area contributed by atoms with Crippen LogP contribution in [0.2, 0.25) is 0 Å². The Morgan fingerprint density at radius 2 is 1.78 bits per heavy atom. The van der Waals surface area contributed by atoms with E-state index in [-0.39, 0.29) is 50.8 Å². The van der Waals surface area contributed by atoms with Crippen LogP contribution in [0, 0.1) is 11.6 Å². The van der Waals surface area contributed by atoms with Crippen molar-refractivity contribution >= 4 is 17.7 Å². The molecule has 1 fully saturated rings. The average Bonchev–Trinajstić information content (AvgIpc) is 3.06. The van der Waals surface area contributed by atoms with Gasteiger partial charge < -0.3 is 34.5 Å². The number of methoxy groups -OCH3 is 2. The number of carbonyl (C=O) groups is 3. The summed E-state index contributed by atoms with van der Waals surface area (Å²) < 4.78 is 50.2. The van der Waals surface area contributed by atoms with E-state index < -0.39 is 29.7 Å². The highest BCUT2D eigenvalue weighted by Crippen LogP contribution is 2.30. The van der Waals surface area contributed by atoms with E-state index in [0.717, 1.165) is 23.3 Å². The molecule has 0 aliphatic carbocycles. The third-order valence-electron chi connectivity index (χ3n) is 8.11. The maximum atomic E-state index is 13.7. The van der Waals surface area contributed by atoms with Crippen LogP contribution < -0.4 is 29.6 Å². The van der Waals surface area contributed by atoms with Gasteiger partial charge in [0, 0.05) is 50.5 Å². The average molecular weight is 638 g/mol. The monoisotopic (exact) mass is 637 g/mol. The Balaban J connectivity index is 1.35. The first-order valence-electron chi connectivity index (χ1n) is 15.1. The number of aryl methyl sites for hydroxylation is 2. The molecule has 3 amide bonds. The summed E-state index contributed by atoms with van der Waals surface area (Å²) in [7, 11) is 3.04. The highest BCUT2D eigenvalue weighted by molar-refractivity contribution is 5.79. The number of piperidine rings is 1. The van der Waals surface area contributed by atoms with Crippen molar-refractivity contribution in [2.24, 2.45) is 0 Å². The molecule has 10 nitrogen and oxygen atoms in total. The van der Waals surface area contributed by atoms with Crippen LogP contribution in [0.25, 0.3) is 0 Å². The fourth-order valence-corrected chi connectivity index (χ4v) is 5.58. The molecule has 0 aromatic heterocycles. The van der Waals surface area contributed by atoms with Gasteiger partial charge >= 0.3 is 0 Å². The normalized spacial score (nSPS) is 18.8. The molecule has 12 heteroatoms. The lowest BCUT2D eigenvalue weighted by Crippen LogP contribution is -2.58. The summed E-state index contributed by atoms with van der Waals surface area (Å²) in [6.07, 6.45) is 0.950. The second kappa shape index (κ2) is 14.9. The van der Waals surface area contributed by atoms with Crippen LogP contribution in [0.1, 0.15) is 36.0 Å². The van der Waals surface area contributed by atoms with Crippen molar-refractivity contribution in [2.45, 2.75) is 50.8 Å². The first-order valence-corrected chi connectivity index (χ1v) is 15.1. The van der Waals surface area contributed by atoms with Gasteiger partial charge in [-0.15, -0.1) is 0 Å². The van der Waals surface area contributed by atoms with Crippen LogP contribution in [-0.2, 0) is 33.8 Å². The number of hydrogen-bond acceptors (Lipinski definition) is 7. The van der Waals surface area contributed by atoms with Gasteiger partial charge in [-0.25, -0.2) is 8.78 Å². The standard InChI is InChI=1S/C34H37F2N3O7/c1-43-29-10-4-22-5-11-32(40)37-18-23-7-8-24(17-30(23)44-2)46-28-13-14-39(19-27(28)38-33(41)20-45-31(29)16-22)34(42)12-6-21-3-9-25(35)26(36)15-21/h3-4,7-10,15-17,27-28H,5-6,11-14,18-20H2,1-2H3,(H,37,40)(H,38,41)/t27-,28+/m1/s1. The number of carbonyl (C=O) groups excluding carboxylic acids is 3. The maximum Gasteiger partial charge on any atom is 0.258 e. The Kier molecular flexibility index (Phi) is 10.6. The number of amides is 3. The molecule has 1 saturated heterocycles. The molecule has 2 atom stereocenters. The SMILES string of the molecule is COc1cc2ccc1CNC(=O)CCc1ccc(OC)c(c1)OCC(=O)N[C@@H]1CN(C(=O)CCc3ccc(F)c(F)c3)CC[C@@H]1O2. The third-order valence-corrected chi connectivity index (χ3v) is 8.11. The minimum atomic E-state index is -0.959. The van der Waals surface area contributed by atoms with Gasteiger partial charge in [-0.3, -0.25) is 14.4 Å².